The third-order valence-electron chi connectivity index (χ3n) is 3.46. The minimum atomic E-state index is -0.429. The summed E-state index contributed by atoms with van der Waals surface area (Å²) in [6.45, 7) is 3.65. The number of nitrogens with zero attached hydrogens (tertiary/aromatic N) is 1. The normalized spacial score (nSPS) is 20.8. The van der Waals surface area contributed by atoms with E-state index < -0.39 is 4.92 Å². The summed E-state index contributed by atoms with van der Waals surface area (Å²) < 4.78 is 5.42. The van der Waals surface area contributed by atoms with Crippen LogP contribution < -0.4 is 10.6 Å². The zero-order valence-corrected chi connectivity index (χ0v) is 13.1. The predicted octanol–water partition coefficient (Wildman–Crippen LogP) is 1.05. The molecule has 0 unspecified atom stereocenters. The summed E-state index contributed by atoms with van der Waals surface area (Å²) >= 11 is 0. The Morgan fingerprint density at radius 2 is 2.14 bits per heavy atom. The summed E-state index contributed by atoms with van der Waals surface area (Å²) in [5.41, 5.74) is 1.02. The molecule has 1 aliphatic heterocycles. The van der Waals surface area contributed by atoms with Crippen molar-refractivity contribution in [1.82, 2.24) is 10.6 Å². The van der Waals surface area contributed by atoms with Crippen molar-refractivity contribution in [3.8, 4) is 0 Å². The quantitative estimate of drug-likeness (QED) is 0.622. The van der Waals surface area contributed by atoms with Crippen molar-refractivity contribution in [2.24, 2.45) is 0 Å². The fourth-order valence-corrected chi connectivity index (χ4v) is 2.25. The lowest BCUT2D eigenvalue weighted by atomic mass is 10.1. The number of hydrogen-bond acceptors (Lipinski definition) is 5. The molecule has 1 fully saturated rings. The Balaban J connectivity index is 0.00000242. The number of morpholine rings is 1. The van der Waals surface area contributed by atoms with Crippen molar-refractivity contribution >= 4 is 24.0 Å². The number of halogens is 1. The van der Waals surface area contributed by atoms with Gasteiger partial charge < -0.3 is 15.4 Å². The zero-order chi connectivity index (χ0) is 15.2. The molecule has 22 heavy (non-hydrogen) atoms. The maximum atomic E-state index is 12.0. The Morgan fingerprint density at radius 1 is 1.45 bits per heavy atom. The van der Waals surface area contributed by atoms with Gasteiger partial charge in [0.25, 0.3) is 5.69 Å². The van der Waals surface area contributed by atoms with Crippen LogP contribution in [0.25, 0.3) is 0 Å². The number of benzene rings is 1. The molecule has 122 valence electrons. The Kier molecular flexibility index (Phi) is 7.23. The first kappa shape index (κ1) is 18.3. The maximum Gasteiger partial charge on any atom is 0.269 e. The van der Waals surface area contributed by atoms with E-state index in [2.05, 4.69) is 10.6 Å². The number of amides is 1. The van der Waals surface area contributed by atoms with Crippen LogP contribution in [0.2, 0.25) is 0 Å². The molecule has 1 aromatic rings. The molecule has 1 aliphatic rings. The van der Waals surface area contributed by atoms with Crippen LogP contribution in [0.4, 0.5) is 5.69 Å². The molecule has 0 aliphatic carbocycles. The number of hydrogen-bond donors (Lipinski definition) is 2. The molecule has 2 rings (SSSR count). The fraction of sp³-hybridized carbons (Fsp3) is 0.500. The van der Waals surface area contributed by atoms with Gasteiger partial charge in [0.05, 0.1) is 17.6 Å². The maximum absolute atomic E-state index is 12.0. The van der Waals surface area contributed by atoms with Crippen LogP contribution in [-0.2, 0) is 16.0 Å². The van der Waals surface area contributed by atoms with Gasteiger partial charge in [-0.05, 0) is 18.9 Å². The highest BCUT2D eigenvalue weighted by atomic mass is 35.5. The van der Waals surface area contributed by atoms with Gasteiger partial charge in [-0.25, -0.2) is 0 Å². The molecule has 2 N–H and O–H groups in total. The van der Waals surface area contributed by atoms with E-state index in [1.54, 1.807) is 12.1 Å². The van der Waals surface area contributed by atoms with Gasteiger partial charge in [0, 0.05) is 25.2 Å². The van der Waals surface area contributed by atoms with Crippen LogP contribution in [0.5, 0.6) is 0 Å². The van der Waals surface area contributed by atoms with E-state index in [9.17, 15) is 14.9 Å². The topological polar surface area (TPSA) is 93.5 Å². The van der Waals surface area contributed by atoms with E-state index in [0.717, 1.165) is 5.56 Å². The number of nitro benzene ring substituents is 1. The van der Waals surface area contributed by atoms with Crippen molar-refractivity contribution in [2.75, 3.05) is 19.7 Å². The molecular weight excluding hydrogens is 310 g/mol. The van der Waals surface area contributed by atoms with Gasteiger partial charge in [-0.2, -0.15) is 0 Å². The smallest absolute Gasteiger partial charge is 0.269 e. The molecular formula is C14H20ClN3O4. The van der Waals surface area contributed by atoms with Gasteiger partial charge in [-0.1, -0.05) is 12.1 Å². The van der Waals surface area contributed by atoms with Crippen molar-refractivity contribution in [2.45, 2.75) is 25.5 Å². The van der Waals surface area contributed by atoms with Crippen LogP contribution in [0.3, 0.4) is 0 Å². The second kappa shape index (κ2) is 8.67. The summed E-state index contributed by atoms with van der Waals surface area (Å²) in [6, 6.07) is 6.02. The van der Waals surface area contributed by atoms with Gasteiger partial charge in [0.1, 0.15) is 6.04 Å². The van der Waals surface area contributed by atoms with Gasteiger partial charge in [-0.15, -0.1) is 12.4 Å². The highest BCUT2D eigenvalue weighted by Crippen LogP contribution is 2.12. The number of ether oxygens (including phenoxy) is 1. The zero-order valence-electron chi connectivity index (χ0n) is 12.3. The highest BCUT2D eigenvalue weighted by Gasteiger charge is 2.27. The van der Waals surface area contributed by atoms with Crippen LogP contribution in [0.15, 0.2) is 24.3 Å². The van der Waals surface area contributed by atoms with Crippen LogP contribution in [0, 0.1) is 10.1 Å². The monoisotopic (exact) mass is 329 g/mol. The molecule has 0 aromatic heterocycles. The first-order valence-corrected chi connectivity index (χ1v) is 6.94. The summed E-state index contributed by atoms with van der Waals surface area (Å²) in [5.74, 6) is -0.0795. The van der Waals surface area contributed by atoms with Gasteiger partial charge in [0.2, 0.25) is 5.91 Å². The molecule has 8 heteroatoms. The molecule has 0 saturated carbocycles. The molecule has 7 nitrogen and oxygen atoms in total. The molecule has 1 amide bonds. The largest absolute Gasteiger partial charge is 0.375 e. The van der Waals surface area contributed by atoms with Crippen molar-refractivity contribution in [3.05, 3.63) is 39.9 Å². The summed E-state index contributed by atoms with van der Waals surface area (Å²) in [4.78, 5) is 22.1. The van der Waals surface area contributed by atoms with E-state index >= 15 is 0 Å². The van der Waals surface area contributed by atoms with Gasteiger partial charge in [0.15, 0.2) is 0 Å². The van der Waals surface area contributed by atoms with Crippen LogP contribution in [0.1, 0.15) is 12.5 Å². The van der Waals surface area contributed by atoms with E-state index in [0.29, 0.717) is 26.1 Å². The molecule has 0 bridgehead atoms. The average Bonchev–Trinajstić information content (AvgIpc) is 2.48. The third-order valence-corrected chi connectivity index (χ3v) is 3.46. The molecule has 0 spiro atoms. The average molecular weight is 330 g/mol. The second-order valence-corrected chi connectivity index (χ2v) is 4.97. The molecule has 0 radical (unpaired) electrons. The van der Waals surface area contributed by atoms with E-state index in [1.807, 2.05) is 6.92 Å². The lowest BCUT2D eigenvalue weighted by molar-refractivity contribution is -0.384. The van der Waals surface area contributed by atoms with E-state index in [-0.39, 0.29) is 36.1 Å². The Hall–Kier alpha value is -1.70. The number of non-ortho nitro benzene ring substituents is 1. The van der Waals surface area contributed by atoms with Gasteiger partial charge in [-0.3, -0.25) is 14.9 Å². The Morgan fingerprint density at radius 3 is 2.73 bits per heavy atom. The van der Waals surface area contributed by atoms with Crippen LogP contribution >= 0.6 is 12.4 Å². The Bertz CT molecular complexity index is 509. The number of carbonyl (C=O) groups excluding carboxylic acids is 1. The van der Waals surface area contributed by atoms with E-state index in [4.69, 9.17) is 4.74 Å². The standard InChI is InChI=1S/C14H19N3O4.ClH/c1-10-13(15-8-9-21-10)14(18)16-7-6-11-2-4-12(5-3-11)17(19)20;/h2-5,10,13,15H,6-9H2,1H3,(H,16,18);1H/t10-,13+;/m1./s1. The van der Waals surface area contributed by atoms with E-state index in [1.165, 1.54) is 12.1 Å². The lowest BCUT2D eigenvalue weighted by Crippen LogP contribution is -2.55. The SMILES string of the molecule is C[C@H]1OCCN[C@@H]1C(=O)NCCc1ccc([N+](=O)[O-])cc1.Cl. The number of carbonyl (C=O) groups is 1. The summed E-state index contributed by atoms with van der Waals surface area (Å²) in [5, 5.41) is 16.5. The second-order valence-electron chi connectivity index (χ2n) is 4.97. The number of rotatable bonds is 5. The van der Waals surface area contributed by atoms with Crippen molar-refractivity contribution in [1.29, 1.82) is 0 Å². The minimum Gasteiger partial charge on any atom is -0.375 e. The Labute approximate surface area is 135 Å². The highest BCUT2D eigenvalue weighted by molar-refractivity contribution is 5.85. The number of nitrogens with one attached hydrogen (secondary N) is 2. The fourth-order valence-electron chi connectivity index (χ4n) is 2.25. The van der Waals surface area contributed by atoms with Gasteiger partial charge >= 0.3 is 0 Å². The molecule has 1 saturated heterocycles. The first-order valence-electron chi connectivity index (χ1n) is 6.94. The number of nitro groups is 1. The summed E-state index contributed by atoms with van der Waals surface area (Å²) in [7, 11) is 0. The van der Waals surface area contributed by atoms with Crippen molar-refractivity contribution < 1.29 is 14.5 Å². The minimum absolute atomic E-state index is 0. The molecule has 1 heterocycles. The molecule has 1 aromatic carbocycles. The third kappa shape index (κ3) is 4.94. The summed E-state index contributed by atoms with van der Waals surface area (Å²) in [6.07, 6.45) is 0.490. The molecule has 2 atom stereocenters. The van der Waals surface area contributed by atoms with Crippen LogP contribution in [-0.4, -0.2) is 42.7 Å². The predicted molar refractivity (Wildman–Crippen MR) is 84.3 cm³/mol. The lowest BCUT2D eigenvalue weighted by Gasteiger charge is -2.29. The first-order chi connectivity index (χ1) is 10.1. The van der Waals surface area contributed by atoms with Crippen molar-refractivity contribution in [3.63, 3.8) is 0 Å².